The van der Waals surface area contributed by atoms with Gasteiger partial charge in [0, 0.05) is 0 Å². The van der Waals surface area contributed by atoms with E-state index in [9.17, 15) is 9.90 Å². The van der Waals surface area contributed by atoms with Crippen LogP contribution in [0.5, 0.6) is 11.5 Å². The van der Waals surface area contributed by atoms with Gasteiger partial charge in [-0.2, -0.15) is 0 Å². The third-order valence-electron chi connectivity index (χ3n) is 2.64. The van der Waals surface area contributed by atoms with Gasteiger partial charge in [-0.25, -0.2) is 0 Å². The lowest BCUT2D eigenvalue weighted by molar-refractivity contribution is 0.103. The molecule has 0 aromatic heterocycles. The fourth-order valence-electron chi connectivity index (χ4n) is 1.77. The van der Waals surface area contributed by atoms with E-state index in [1.807, 2.05) is 0 Å². The highest BCUT2D eigenvalue weighted by Gasteiger charge is 2.18. The summed E-state index contributed by atoms with van der Waals surface area (Å²) in [6, 6.07) is 11.3. The molecule has 0 radical (unpaired) electrons. The quantitative estimate of drug-likeness (QED) is 0.640. The molecule has 4 nitrogen and oxygen atoms in total. The number of phenolic OH excluding ortho intramolecular Hbond substituents is 1. The first-order valence-corrected chi connectivity index (χ1v) is 5.40. The van der Waals surface area contributed by atoms with E-state index < -0.39 is 0 Å². The minimum absolute atomic E-state index is 0.0630. The van der Waals surface area contributed by atoms with E-state index in [1.165, 1.54) is 13.2 Å². The molecule has 0 atom stereocenters. The maximum Gasteiger partial charge on any atom is 0.200 e. The van der Waals surface area contributed by atoms with E-state index >= 15 is 0 Å². The minimum Gasteiger partial charge on any atom is -0.507 e. The lowest BCUT2D eigenvalue weighted by Gasteiger charge is -2.10. The van der Waals surface area contributed by atoms with Crippen molar-refractivity contribution in [2.45, 2.75) is 0 Å². The van der Waals surface area contributed by atoms with Crippen LogP contribution in [0.25, 0.3) is 0 Å². The van der Waals surface area contributed by atoms with Crippen LogP contribution in [0.15, 0.2) is 42.5 Å². The van der Waals surface area contributed by atoms with E-state index in [4.69, 9.17) is 10.5 Å². The number of ketones is 1. The molecule has 92 valence electrons. The van der Waals surface area contributed by atoms with Gasteiger partial charge < -0.3 is 15.6 Å². The summed E-state index contributed by atoms with van der Waals surface area (Å²) in [4.78, 5) is 12.3. The Balaban J connectivity index is 2.54. The number of nitrogen functional groups attached to an aromatic ring is 1. The van der Waals surface area contributed by atoms with Gasteiger partial charge in [0.05, 0.1) is 23.9 Å². The fourth-order valence-corrected chi connectivity index (χ4v) is 1.77. The van der Waals surface area contributed by atoms with Crippen LogP contribution in [0, 0.1) is 0 Å². The smallest absolute Gasteiger partial charge is 0.200 e. The van der Waals surface area contributed by atoms with Crippen LogP contribution >= 0.6 is 0 Å². The summed E-state index contributed by atoms with van der Waals surface area (Å²) in [7, 11) is 1.45. The molecule has 0 fully saturated rings. The van der Waals surface area contributed by atoms with E-state index in [0.717, 1.165) is 0 Å². The number of rotatable bonds is 3. The number of anilines is 1. The van der Waals surface area contributed by atoms with Gasteiger partial charge in [0.2, 0.25) is 5.78 Å². The molecule has 0 aliphatic heterocycles. The second kappa shape index (κ2) is 4.79. The number of aromatic hydroxyl groups is 1. The van der Waals surface area contributed by atoms with Gasteiger partial charge in [-0.3, -0.25) is 4.79 Å². The third kappa shape index (κ3) is 2.00. The zero-order valence-electron chi connectivity index (χ0n) is 9.88. The molecular formula is C14H13NO3. The molecule has 2 rings (SSSR count). The monoisotopic (exact) mass is 243 g/mol. The molecule has 0 aliphatic carbocycles. The Hall–Kier alpha value is -2.49. The Morgan fingerprint density at radius 1 is 1.11 bits per heavy atom. The molecule has 18 heavy (non-hydrogen) atoms. The van der Waals surface area contributed by atoms with Crippen molar-refractivity contribution in [1.82, 2.24) is 0 Å². The number of carbonyl (C=O) groups excluding carboxylic acids is 1. The maximum absolute atomic E-state index is 12.3. The van der Waals surface area contributed by atoms with Gasteiger partial charge in [0.1, 0.15) is 5.75 Å². The van der Waals surface area contributed by atoms with Crippen molar-refractivity contribution >= 4 is 11.5 Å². The van der Waals surface area contributed by atoms with E-state index in [1.54, 1.807) is 36.4 Å². The molecule has 0 saturated heterocycles. The molecule has 0 heterocycles. The van der Waals surface area contributed by atoms with Crippen molar-refractivity contribution in [3.8, 4) is 11.5 Å². The van der Waals surface area contributed by atoms with Crippen molar-refractivity contribution in [3.05, 3.63) is 53.6 Å². The van der Waals surface area contributed by atoms with E-state index in [-0.39, 0.29) is 17.1 Å². The fraction of sp³-hybridized carbons (Fsp3) is 0.0714. The zero-order valence-corrected chi connectivity index (χ0v) is 9.88. The van der Waals surface area contributed by atoms with Crippen molar-refractivity contribution < 1.29 is 14.6 Å². The molecule has 0 spiro atoms. The molecule has 2 aromatic rings. The second-order valence-corrected chi connectivity index (χ2v) is 3.77. The number of para-hydroxylation sites is 2. The first kappa shape index (κ1) is 12.0. The largest absolute Gasteiger partial charge is 0.507 e. The highest BCUT2D eigenvalue weighted by atomic mass is 16.5. The third-order valence-corrected chi connectivity index (χ3v) is 2.64. The summed E-state index contributed by atoms with van der Waals surface area (Å²) >= 11 is 0. The number of methoxy groups -OCH3 is 1. The Morgan fingerprint density at radius 3 is 2.44 bits per heavy atom. The number of hydrogen-bond donors (Lipinski definition) is 2. The summed E-state index contributed by atoms with van der Waals surface area (Å²) in [5, 5.41) is 9.68. The van der Waals surface area contributed by atoms with E-state index in [2.05, 4.69) is 0 Å². The highest BCUT2D eigenvalue weighted by Crippen LogP contribution is 2.30. The SMILES string of the molecule is COc1c(N)cccc1C(=O)c1ccccc1O. The van der Waals surface area contributed by atoms with Crippen molar-refractivity contribution in [1.29, 1.82) is 0 Å². The molecule has 4 heteroatoms. The average molecular weight is 243 g/mol. The highest BCUT2D eigenvalue weighted by molar-refractivity contribution is 6.13. The molecule has 0 aliphatic rings. The molecule has 0 amide bonds. The predicted molar refractivity (Wildman–Crippen MR) is 68.9 cm³/mol. The zero-order chi connectivity index (χ0) is 13.1. The second-order valence-electron chi connectivity index (χ2n) is 3.77. The van der Waals surface area contributed by atoms with Crippen LogP contribution in [-0.2, 0) is 0 Å². The number of nitrogens with two attached hydrogens (primary N) is 1. The number of ether oxygens (including phenoxy) is 1. The van der Waals surface area contributed by atoms with Crippen LogP contribution in [0.4, 0.5) is 5.69 Å². The number of hydrogen-bond acceptors (Lipinski definition) is 4. The Bertz CT molecular complexity index is 593. The Morgan fingerprint density at radius 2 is 1.78 bits per heavy atom. The van der Waals surface area contributed by atoms with Gasteiger partial charge in [0.25, 0.3) is 0 Å². The number of carbonyl (C=O) groups is 1. The van der Waals surface area contributed by atoms with Gasteiger partial charge in [-0.15, -0.1) is 0 Å². The predicted octanol–water partition coefficient (Wildman–Crippen LogP) is 2.21. The first-order chi connectivity index (χ1) is 8.65. The lowest BCUT2D eigenvalue weighted by Crippen LogP contribution is -2.06. The molecular weight excluding hydrogens is 230 g/mol. The summed E-state index contributed by atoms with van der Waals surface area (Å²) < 4.78 is 5.13. The maximum atomic E-state index is 12.3. The van der Waals surface area contributed by atoms with Crippen molar-refractivity contribution in [2.24, 2.45) is 0 Å². The molecule has 0 unspecified atom stereocenters. The minimum atomic E-state index is -0.322. The van der Waals surface area contributed by atoms with Crippen LogP contribution < -0.4 is 10.5 Å². The van der Waals surface area contributed by atoms with Crippen LogP contribution in [0.2, 0.25) is 0 Å². The van der Waals surface area contributed by atoms with Crippen molar-refractivity contribution in [2.75, 3.05) is 12.8 Å². The summed E-state index contributed by atoms with van der Waals surface area (Å²) in [5.74, 6) is -0.0602. The lowest BCUT2D eigenvalue weighted by atomic mass is 10.0. The van der Waals surface area contributed by atoms with Gasteiger partial charge in [-0.1, -0.05) is 18.2 Å². The topological polar surface area (TPSA) is 72.5 Å². The van der Waals surface area contributed by atoms with Gasteiger partial charge in [-0.05, 0) is 24.3 Å². The summed E-state index contributed by atoms with van der Waals surface area (Å²) in [5.41, 5.74) is 6.69. The normalized spacial score (nSPS) is 10.1. The van der Waals surface area contributed by atoms with Crippen LogP contribution in [0.1, 0.15) is 15.9 Å². The number of benzene rings is 2. The first-order valence-electron chi connectivity index (χ1n) is 5.40. The number of phenols is 1. The van der Waals surface area contributed by atoms with Gasteiger partial charge >= 0.3 is 0 Å². The Kier molecular flexibility index (Phi) is 3.19. The van der Waals surface area contributed by atoms with E-state index in [0.29, 0.717) is 17.0 Å². The standard InChI is InChI=1S/C14H13NO3/c1-18-14-10(6-4-7-11(14)15)13(17)9-5-2-3-8-12(9)16/h2-8,16H,15H2,1H3. The van der Waals surface area contributed by atoms with Crippen molar-refractivity contribution in [3.63, 3.8) is 0 Å². The van der Waals surface area contributed by atoms with Gasteiger partial charge in [0.15, 0.2) is 5.75 Å². The average Bonchev–Trinajstić information content (AvgIpc) is 2.38. The molecule has 0 bridgehead atoms. The summed E-state index contributed by atoms with van der Waals surface area (Å²) in [6.07, 6.45) is 0. The molecule has 0 saturated carbocycles. The molecule has 2 aromatic carbocycles. The summed E-state index contributed by atoms with van der Waals surface area (Å²) in [6.45, 7) is 0. The van der Waals surface area contributed by atoms with Crippen LogP contribution in [-0.4, -0.2) is 18.0 Å². The van der Waals surface area contributed by atoms with Crippen LogP contribution in [0.3, 0.4) is 0 Å². The molecule has 3 N–H and O–H groups in total. The Labute approximate surface area is 105 Å².